The molecule has 0 radical (unpaired) electrons. The third-order valence-electron chi connectivity index (χ3n) is 2.61. The summed E-state index contributed by atoms with van der Waals surface area (Å²) >= 11 is 0. The Balaban J connectivity index is 2.16. The molecular weight excluding hydrogens is 212 g/mol. The highest BCUT2D eigenvalue weighted by molar-refractivity contribution is 5.82. The van der Waals surface area contributed by atoms with E-state index < -0.39 is 18.0 Å². The quantitative estimate of drug-likeness (QED) is 0.643. The second kappa shape index (κ2) is 6.32. The maximum absolute atomic E-state index is 11.3. The lowest BCUT2D eigenvalue weighted by atomic mass is 10.0. The highest BCUT2D eigenvalue weighted by Crippen LogP contribution is 2.12. The van der Waals surface area contributed by atoms with Crippen LogP contribution in [0.5, 0.6) is 0 Å². The SMILES string of the molecule is C[C@@H](NC(=O)NCC1CCOCC1)C(=O)O. The van der Waals surface area contributed by atoms with Crippen LogP contribution in [0, 0.1) is 5.92 Å². The van der Waals surface area contributed by atoms with Crippen LogP contribution >= 0.6 is 0 Å². The van der Waals surface area contributed by atoms with Crippen molar-refractivity contribution in [2.24, 2.45) is 5.92 Å². The monoisotopic (exact) mass is 230 g/mol. The summed E-state index contributed by atoms with van der Waals surface area (Å²) < 4.78 is 5.20. The van der Waals surface area contributed by atoms with Crippen molar-refractivity contribution >= 4 is 12.0 Å². The van der Waals surface area contributed by atoms with E-state index in [1.165, 1.54) is 6.92 Å². The smallest absolute Gasteiger partial charge is 0.325 e. The topological polar surface area (TPSA) is 87.7 Å². The summed E-state index contributed by atoms with van der Waals surface area (Å²) in [6, 6.07) is -1.30. The van der Waals surface area contributed by atoms with Crippen LogP contribution in [0.3, 0.4) is 0 Å². The number of carboxylic acids is 1. The van der Waals surface area contributed by atoms with Crippen molar-refractivity contribution in [2.75, 3.05) is 19.8 Å². The first kappa shape index (κ1) is 12.8. The van der Waals surface area contributed by atoms with E-state index in [4.69, 9.17) is 9.84 Å². The van der Waals surface area contributed by atoms with Gasteiger partial charge in [0, 0.05) is 19.8 Å². The van der Waals surface area contributed by atoms with E-state index in [0.29, 0.717) is 12.5 Å². The van der Waals surface area contributed by atoms with Crippen molar-refractivity contribution < 1.29 is 19.4 Å². The van der Waals surface area contributed by atoms with Crippen molar-refractivity contribution in [1.29, 1.82) is 0 Å². The molecule has 1 fully saturated rings. The summed E-state index contributed by atoms with van der Waals surface area (Å²) in [6.45, 7) is 3.47. The highest BCUT2D eigenvalue weighted by atomic mass is 16.5. The van der Waals surface area contributed by atoms with Gasteiger partial charge in [-0.25, -0.2) is 4.79 Å². The Morgan fingerprint density at radius 2 is 2.06 bits per heavy atom. The number of urea groups is 1. The van der Waals surface area contributed by atoms with Crippen LogP contribution < -0.4 is 10.6 Å². The Morgan fingerprint density at radius 1 is 1.44 bits per heavy atom. The molecule has 0 aliphatic carbocycles. The predicted molar refractivity (Wildman–Crippen MR) is 57.2 cm³/mol. The van der Waals surface area contributed by atoms with E-state index >= 15 is 0 Å². The minimum Gasteiger partial charge on any atom is -0.480 e. The van der Waals surface area contributed by atoms with E-state index in [1.54, 1.807) is 0 Å². The van der Waals surface area contributed by atoms with Gasteiger partial charge in [0.15, 0.2) is 0 Å². The molecule has 2 amide bonds. The molecule has 3 N–H and O–H groups in total. The van der Waals surface area contributed by atoms with Gasteiger partial charge in [0.05, 0.1) is 0 Å². The molecule has 0 spiro atoms. The van der Waals surface area contributed by atoms with Gasteiger partial charge in [-0.15, -0.1) is 0 Å². The van der Waals surface area contributed by atoms with E-state index in [-0.39, 0.29) is 0 Å². The molecule has 0 unspecified atom stereocenters. The second-order valence-electron chi connectivity index (χ2n) is 3.97. The van der Waals surface area contributed by atoms with Gasteiger partial charge in [-0.1, -0.05) is 0 Å². The first-order chi connectivity index (χ1) is 7.59. The molecule has 1 aliphatic heterocycles. The van der Waals surface area contributed by atoms with Crippen molar-refractivity contribution in [3.8, 4) is 0 Å². The second-order valence-corrected chi connectivity index (χ2v) is 3.97. The fraction of sp³-hybridized carbons (Fsp3) is 0.800. The molecule has 0 bridgehead atoms. The number of hydrogen-bond acceptors (Lipinski definition) is 3. The maximum atomic E-state index is 11.3. The number of carbonyl (C=O) groups excluding carboxylic acids is 1. The molecule has 0 aromatic heterocycles. The zero-order valence-electron chi connectivity index (χ0n) is 9.36. The number of hydrogen-bond donors (Lipinski definition) is 3. The van der Waals surface area contributed by atoms with Crippen LogP contribution in [0.25, 0.3) is 0 Å². The van der Waals surface area contributed by atoms with Gasteiger partial charge in [0.1, 0.15) is 6.04 Å². The number of nitrogens with one attached hydrogen (secondary N) is 2. The highest BCUT2D eigenvalue weighted by Gasteiger charge is 2.17. The Labute approximate surface area is 94.3 Å². The lowest BCUT2D eigenvalue weighted by Gasteiger charge is -2.22. The van der Waals surface area contributed by atoms with Crippen LogP contribution in [-0.4, -0.2) is 42.9 Å². The Kier molecular flexibility index (Phi) is 5.04. The van der Waals surface area contributed by atoms with Crippen LogP contribution in [-0.2, 0) is 9.53 Å². The normalized spacial score (nSPS) is 18.8. The van der Waals surface area contributed by atoms with Crippen molar-refractivity contribution in [3.05, 3.63) is 0 Å². The summed E-state index contributed by atoms with van der Waals surface area (Å²) in [5.41, 5.74) is 0. The molecule has 0 saturated carbocycles. The molecule has 1 rings (SSSR count). The van der Waals surface area contributed by atoms with Gasteiger partial charge < -0.3 is 20.5 Å². The number of carboxylic acid groups (broad SMARTS) is 1. The van der Waals surface area contributed by atoms with E-state index in [2.05, 4.69) is 10.6 Å². The number of rotatable bonds is 4. The third-order valence-corrected chi connectivity index (χ3v) is 2.61. The minimum atomic E-state index is -1.04. The third kappa shape index (κ3) is 4.48. The van der Waals surface area contributed by atoms with Gasteiger partial charge in [0.2, 0.25) is 0 Å². The largest absolute Gasteiger partial charge is 0.480 e. The zero-order chi connectivity index (χ0) is 12.0. The van der Waals surface area contributed by atoms with Gasteiger partial charge >= 0.3 is 12.0 Å². The lowest BCUT2D eigenvalue weighted by molar-refractivity contribution is -0.138. The van der Waals surface area contributed by atoms with Crippen LogP contribution in [0.1, 0.15) is 19.8 Å². The molecule has 1 saturated heterocycles. The van der Waals surface area contributed by atoms with Gasteiger partial charge in [-0.3, -0.25) is 4.79 Å². The van der Waals surface area contributed by atoms with Crippen LogP contribution in [0.15, 0.2) is 0 Å². The Morgan fingerprint density at radius 3 is 2.62 bits per heavy atom. The van der Waals surface area contributed by atoms with Crippen molar-refractivity contribution in [1.82, 2.24) is 10.6 Å². The standard InChI is InChI=1S/C10H18N2O4/c1-7(9(13)14)12-10(15)11-6-8-2-4-16-5-3-8/h7-8H,2-6H2,1H3,(H,13,14)(H2,11,12,15)/t7-/m1/s1. The molecule has 0 aromatic rings. The van der Waals surface area contributed by atoms with Crippen molar-refractivity contribution in [2.45, 2.75) is 25.8 Å². The molecular formula is C10H18N2O4. The minimum absolute atomic E-state index is 0.429. The first-order valence-electron chi connectivity index (χ1n) is 5.44. The summed E-state index contributed by atoms with van der Waals surface area (Å²) in [4.78, 5) is 21.8. The number of carbonyl (C=O) groups is 2. The number of ether oxygens (including phenoxy) is 1. The summed E-state index contributed by atoms with van der Waals surface area (Å²) in [7, 11) is 0. The van der Waals surface area contributed by atoms with Crippen LogP contribution in [0.2, 0.25) is 0 Å². The summed E-state index contributed by atoms with van der Waals surface area (Å²) in [5.74, 6) is -0.610. The van der Waals surface area contributed by atoms with Crippen molar-refractivity contribution in [3.63, 3.8) is 0 Å². The maximum Gasteiger partial charge on any atom is 0.325 e. The van der Waals surface area contributed by atoms with E-state index in [1.807, 2.05) is 0 Å². The number of aliphatic carboxylic acids is 1. The molecule has 1 heterocycles. The predicted octanol–water partition coefficient (Wildman–Crippen LogP) is 0.185. The van der Waals surface area contributed by atoms with Crippen LogP contribution in [0.4, 0.5) is 4.79 Å². The molecule has 16 heavy (non-hydrogen) atoms. The van der Waals surface area contributed by atoms with E-state index in [9.17, 15) is 9.59 Å². The molecule has 6 nitrogen and oxygen atoms in total. The average Bonchev–Trinajstić information content (AvgIpc) is 2.27. The molecule has 0 aromatic carbocycles. The average molecular weight is 230 g/mol. The lowest BCUT2D eigenvalue weighted by Crippen LogP contribution is -2.45. The van der Waals surface area contributed by atoms with Gasteiger partial charge in [-0.2, -0.15) is 0 Å². The fourth-order valence-corrected chi connectivity index (χ4v) is 1.50. The first-order valence-corrected chi connectivity index (χ1v) is 5.44. The zero-order valence-corrected chi connectivity index (χ0v) is 9.36. The fourth-order valence-electron chi connectivity index (χ4n) is 1.50. The molecule has 1 atom stereocenters. The molecule has 1 aliphatic rings. The molecule has 92 valence electrons. The Bertz CT molecular complexity index is 251. The summed E-state index contributed by atoms with van der Waals surface area (Å²) in [6.07, 6.45) is 1.88. The summed E-state index contributed by atoms with van der Waals surface area (Å²) in [5, 5.41) is 13.6. The van der Waals surface area contributed by atoms with Gasteiger partial charge in [0.25, 0.3) is 0 Å². The Hall–Kier alpha value is -1.30. The number of amides is 2. The van der Waals surface area contributed by atoms with Gasteiger partial charge in [-0.05, 0) is 25.7 Å². The molecule has 6 heteroatoms. The van der Waals surface area contributed by atoms with E-state index in [0.717, 1.165) is 26.1 Å².